The van der Waals surface area contributed by atoms with E-state index in [9.17, 15) is 22.0 Å². The average Bonchev–Trinajstić information content (AvgIpc) is 2.42. The van der Waals surface area contributed by atoms with Crippen LogP contribution >= 0.6 is 0 Å². The van der Waals surface area contributed by atoms with Gasteiger partial charge in [-0.15, -0.1) is 0 Å². The summed E-state index contributed by atoms with van der Waals surface area (Å²) in [7, 11) is 0. The normalized spacial score (nSPS) is 11.0. The van der Waals surface area contributed by atoms with Gasteiger partial charge in [-0.2, -0.15) is 18.4 Å². The van der Waals surface area contributed by atoms with Crippen LogP contribution in [0.4, 0.5) is 33.5 Å². The molecule has 0 atom stereocenters. The van der Waals surface area contributed by atoms with Gasteiger partial charge >= 0.3 is 6.18 Å². The maximum atomic E-state index is 13.5. The molecule has 0 fully saturated rings. The minimum atomic E-state index is -4.72. The smallest absolute Gasteiger partial charge is 0.337 e. The molecule has 0 saturated heterocycles. The summed E-state index contributed by atoms with van der Waals surface area (Å²) in [4.78, 5) is 3.23. The highest BCUT2D eigenvalue weighted by Gasteiger charge is 2.33. The van der Waals surface area contributed by atoms with Crippen LogP contribution in [0.15, 0.2) is 30.3 Å². The first-order chi connectivity index (χ1) is 9.81. The number of nitriles is 1. The van der Waals surface area contributed by atoms with Gasteiger partial charge in [0, 0.05) is 6.07 Å². The first kappa shape index (κ1) is 14.7. The van der Waals surface area contributed by atoms with Crippen LogP contribution in [0.5, 0.6) is 0 Å². The summed E-state index contributed by atoms with van der Waals surface area (Å²) >= 11 is 0. The molecule has 1 heterocycles. The second-order valence-corrected chi connectivity index (χ2v) is 3.95. The number of nitrogens with zero attached hydrogens (tertiary/aromatic N) is 2. The molecular weight excluding hydrogens is 293 g/mol. The summed E-state index contributed by atoms with van der Waals surface area (Å²) in [5, 5.41) is 11.0. The maximum absolute atomic E-state index is 13.5. The quantitative estimate of drug-likeness (QED) is 0.853. The van der Waals surface area contributed by atoms with E-state index in [1.165, 1.54) is 0 Å². The number of aromatic nitrogens is 1. The molecule has 0 spiro atoms. The number of alkyl halides is 3. The number of hydrogen-bond acceptors (Lipinski definition) is 3. The van der Waals surface area contributed by atoms with Crippen molar-refractivity contribution in [1.82, 2.24) is 4.98 Å². The van der Waals surface area contributed by atoms with Crippen molar-refractivity contribution < 1.29 is 22.0 Å². The van der Waals surface area contributed by atoms with E-state index in [1.54, 1.807) is 6.07 Å². The molecule has 0 aliphatic heterocycles. The molecule has 3 nitrogen and oxygen atoms in total. The van der Waals surface area contributed by atoms with Crippen molar-refractivity contribution in [3.05, 3.63) is 53.2 Å². The van der Waals surface area contributed by atoms with Crippen LogP contribution in [0.25, 0.3) is 0 Å². The lowest BCUT2D eigenvalue weighted by molar-refractivity contribution is -0.141. The number of benzene rings is 1. The third-order valence-electron chi connectivity index (χ3n) is 2.49. The van der Waals surface area contributed by atoms with Crippen LogP contribution in [0.3, 0.4) is 0 Å². The number of hydrogen-bond donors (Lipinski definition) is 1. The highest BCUT2D eigenvalue weighted by molar-refractivity contribution is 5.63. The Hall–Kier alpha value is -2.69. The Kier molecular flexibility index (Phi) is 3.76. The van der Waals surface area contributed by atoms with Crippen LogP contribution in [-0.2, 0) is 6.18 Å². The molecule has 0 amide bonds. The summed E-state index contributed by atoms with van der Waals surface area (Å²) in [5.74, 6) is -2.18. The van der Waals surface area contributed by atoms with E-state index in [2.05, 4.69) is 10.3 Å². The zero-order valence-electron chi connectivity index (χ0n) is 10.2. The number of pyridine rings is 1. The van der Waals surface area contributed by atoms with E-state index in [0.717, 1.165) is 24.3 Å². The Balaban J connectivity index is 2.47. The Labute approximate surface area is 115 Å². The predicted molar refractivity (Wildman–Crippen MR) is 63.6 cm³/mol. The van der Waals surface area contributed by atoms with Crippen molar-refractivity contribution in [2.45, 2.75) is 6.18 Å². The Morgan fingerprint density at radius 1 is 1.10 bits per heavy atom. The fourth-order valence-corrected chi connectivity index (χ4v) is 1.52. The van der Waals surface area contributed by atoms with Gasteiger partial charge in [-0.3, -0.25) is 0 Å². The molecule has 1 aromatic carbocycles. The van der Waals surface area contributed by atoms with Crippen molar-refractivity contribution >= 4 is 11.5 Å². The zero-order chi connectivity index (χ0) is 15.6. The van der Waals surface area contributed by atoms with E-state index >= 15 is 0 Å². The van der Waals surface area contributed by atoms with E-state index in [-0.39, 0.29) is 5.56 Å². The van der Waals surface area contributed by atoms with Crippen LogP contribution < -0.4 is 5.32 Å². The topological polar surface area (TPSA) is 48.7 Å². The van der Waals surface area contributed by atoms with Gasteiger partial charge in [0.15, 0.2) is 0 Å². The van der Waals surface area contributed by atoms with Gasteiger partial charge in [0.1, 0.15) is 29.2 Å². The number of anilines is 2. The SMILES string of the molecule is N#Cc1ccc(C(F)(F)F)nc1Nc1cc(F)ccc1F. The molecule has 1 aromatic heterocycles. The summed E-state index contributed by atoms with van der Waals surface area (Å²) in [6.45, 7) is 0. The maximum Gasteiger partial charge on any atom is 0.433 e. The van der Waals surface area contributed by atoms with E-state index in [0.29, 0.717) is 6.07 Å². The first-order valence-electron chi connectivity index (χ1n) is 5.51. The molecular formula is C13H6F5N3. The fourth-order valence-electron chi connectivity index (χ4n) is 1.52. The summed E-state index contributed by atoms with van der Waals surface area (Å²) in [6.07, 6.45) is -4.72. The highest BCUT2D eigenvalue weighted by atomic mass is 19.4. The summed E-state index contributed by atoms with van der Waals surface area (Å²) in [5.41, 5.74) is -1.90. The van der Waals surface area contributed by atoms with Gasteiger partial charge in [-0.1, -0.05) is 0 Å². The summed E-state index contributed by atoms with van der Waals surface area (Å²) in [6, 6.07) is 5.55. The van der Waals surface area contributed by atoms with Crippen molar-refractivity contribution in [3.63, 3.8) is 0 Å². The van der Waals surface area contributed by atoms with Gasteiger partial charge in [0.25, 0.3) is 0 Å². The second kappa shape index (κ2) is 5.36. The molecule has 8 heteroatoms. The fraction of sp³-hybridized carbons (Fsp3) is 0.0769. The van der Waals surface area contributed by atoms with Crippen LogP contribution in [0.2, 0.25) is 0 Å². The third kappa shape index (κ3) is 3.25. The number of nitrogens with one attached hydrogen (secondary N) is 1. The van der Waals surface area contributed by atoms with Crippen molar-refractivity contribution in [1.29, 1.82) is 5.26 Å². The van der Waals surface area contributed by atoms with Gasteiger partial charge in [-0.05, 0) is 24.3 Å². The molecule has 21 heavy (non-hydrogen) atoms. The Bertz CT molecular complexity index is 719. The van der Waals surface area contributed by atoms with Gasteiger partial charge < -0.3 is 5.32 Å². The minimum absolute atomic E-state index is 0.230. The predicted octanol–water partition coefficient (Wildman–Crippen LogP) is 3.99. The van der Waals surface area contributed by atoms with E-state index in [4.69, 9.17) is 5.26 Å². The number of halogens is 5. The summed E-state index contributed by atoms with van der Waals surface area (Å²) < 4.78 is 64.2. The number of rotatable bonds is 2. The van der Waals surface area contributed by atoms with E-state index < -0.39 is 35.0 Å². The van der Waals surface area contributed by atoms with Crippen molar-refractivity contribution in [3.8, 4) is 6.07 Å². The Morgan fingerprint density at radius 3 is 2.43 bits per heavy atom. The average molecular weight is 299 g/mol. The molecule has 0 saturated carbocycles. The van der Waals surface area contributed by atoms with Crippen LogP contribution in [0, 0.1) is 23.0 Å². The molecule has 0 aliphatic rings. The molecule has 0 aliphatic carbocycles. The first-order valence-corrected chi connectivity index (χ1v) is 5.51. The highest BCUT2D eigenvalue weighted by Crippen LogP contribution is 2.30. The molecule has 1 N–H and O–H groups in total. The lowest BCUT2D eigenvalue weighted by Crippen LogP contribution is -2.10. The van der Waals surface area contributed by atoms with Crippen LogP contribution in [-0.4, -0.2) is 4.98 Å². The third-order valence-corrected chi connectivity index (χ3v) is 2.49. The van der Waals surface area contributed by atoms with Crippen molar-refractivity contribution in [2.75, 3.05) is 5.32 Å². The molecule has 0 radical (unpaired) electrons. The molecule has 2 rings (SSSR count). The molecule has 108 valence electrons. The van der Waals surface area contributed by atoms with Crippen molar-refractivity contribution in [2.24, 2.45) is 0 Å². The Morgan fingerprint density at radius 2 is 1.81 bits per heavy atom. The molecule has 0 unspecified atom stereocenters. The largest absolute Gasteiger partial charge is 0.433 e. The van der Waals surface area contributed by atoms with E-state index in [1.807, 2.05) is 0 Å². The van der Waals surface area contributed by atoms with Gasteiger partial charge in [-0.25, -0.2) is 13.8 Å². The van der Waals surface area contributed by atoms with Gasteiger partial charge in [0.2, 0.25) is 0 Å². The second-order valence-electron chi connectivity index (χ2n) is 3.95. The standard InChI is InChI=1S/C13H6F5N3/c14-8-2-3-9(15)10(5-8)20-12-7(6-19)1-4-11(21-12)13(16,17)18/h1-5H,(H,20,21). The zero-order valence-corrected chi connectivity index (χ0v) is 10.2. The molecule has 0 bridgehead atoms. The lowest BCUT2D eigenvalue weighted by Gasteiger charge is -2.11. The van der Waals surface area contributed by atoms with Gasteiger partial charge in [0.05, 0.1) is 11.3 Å². The lowest BCUT2D eigenvalue weighted by atomic mass is 10.2. The monoisotopic (exact) mass is 299 g/mol. The minimum Gasteiger partial charge on any atom is -0.337 e. The van der Waals surface area contributed by atoms with Crippen LogP contribution in [0.1, 0.15) is 11.3 Å². The molecule has 2 aromatic rings.